The second-order valence-corrected chi connectivity index (χ2v) is 26.8. The Bertz CT molecular complexity index is 1530. The molecule has 0 atom stereocenters. The molecular weight excluding hydrogens is 500 g/mol. The zero-order valence-corrected chi connectivity index (χ0v) is 23.3. The minimum atomic E-state index is -4.09. The number of rotatable bonds is 4. The van der Waals surface area contributed by atoms with Gasteiger partial charge in [0.25, 0.3) is 0 Å². The summed E-state index contributed by atoms with van der Waals surface area (Å²) >= 11 is -4.09. The molecule has 6 rings (SSSR count). The van der Waals surface area contributed by atoms with E-state index in [1.807, 2.05) is 0 Å². The van der Waals surface area contributed by atoms with Crippen LogP contribution in [0.15, 0.2) is 124 Å². The molecule has 0 saturated heterocycles. The summed E-state index contributed by atoms with van der Waals surface area (Å²) < 4.78 is 10.2. The van der Waals surface area contributed by atoms with Crippen LogP contribution < -0.4 is 3.27 Å². The summed E-state index contributed by atoms with van der Waals surface area (Å²) in [6, 6.07) is 38.5. The fourth-order valence-corrected chi connectivity index (χ4v) is 21.8. The fraction of sp³-hybridized carbons (Fsp3) is 0.147. The van der Waals surface area contributed by atoms with Gasteiger partial charge in [0.1, 0.15) is 0 Å². The predicted molar refractivity (Wildman–Crippen MR) is 149 cm³/mol. The molecule has 1 heteroatoms. The van der Waals surface area contributed by atoms with Crippen molar-refractivity contribution in [3.63, 3.8) is 0 Å². The van der Waals surface area contributed by atoms with Crippen molar-refractivity contribution in [2.45, 2.75) is 29.0 Å². The topological polar surface area (TPSA) is 0 Å². The average molecular weight is 532 g/mol. The van der Waals surface area contributed by atoms with Gasteiger partial charge in [-0.1, -0.05) is 0 Å². The minimum absolute atomic E-state index is 1.03. The number of fused-ring (bicyclic) bond motifs is 3. The van der Waals surface area contributed by atoms with Crippen LogP contribution in [-0.2, 0) is 24.7 Å². The predicted octanol–water partition coefficient (Wildman–Crippen LogP) is 8.17. The van der Waals surface area contributed by atoms with Crippen LogP contribution in [-0.4, -0.2) is 3.21 Å². The summed E-state index contributed by atoms with van der Waals surface area (Å²) in [6.45, 7) is 2.26. The zero-order chi connectivity index (χ0) is 24.1. The first-order chi connectivity index (χ1) is 17.0. The van der Waals surface area contributed by atoms with Gasteiger partial charge in [0.15, 0.2) is 0 Å². The van der Waals surface area contributed by atoms with Crippen LogP contribution in [0, 0.1) is 0 Å². The SMILES string of the molecule is CC1=CC[C]([Zr]([CH3])([CH3])(=[C](c2ccccc2)c2ccccc2)[c]2cccc3c2Cc2ccccc2-3)=C1. The van der Waals surface area contributed by atoms with E-state index in [9.17, 15) is 0 Å². The summed E-state index contributed by atoms with van der Waals surface area (Å²) in [5.41, 5.74) is 10.0. The van der Waals surface area contributed by atoms with Crippen LogP contribution in [0.2, 0.25) is 9.26 Å². The van der Waals surface area contributed by atoms with Gasteiger partial charge in [-0.25, -0.2) is 0 Å². The molecule has 0 nitrogen and oxygen atoms in total. The molecule has 0 heterocycles. The maximum absolute atomic E-state index is 4.09. The Morgan fingerprint density at radius 3 is 1.89 bits per heavy atom. The molecule has 0 N–H and O–H groups in total. The van der Waals surface area contributed by atoms with Crippen molar-refractivity contribution in [2.75, 3.05) is 0 Å². The van der Waals surface area contributed by atoms with Crippen LogP contribution in [0.25, 0.3) is 11.1 Å². The van der Waals surface area contributed by atoms with Gasteiger partial charge in [0.2, 0.25) is 0 Å². The first-order valence-corrected chi connectivity index (χ1v) is 21.3. The van der Waals surface area contributed by atoms with Crippen LogP contribution in [0.5, 0.6) is 0 Å². The van der Waals surface area contributed by atoms with E-state index in [1.165, 1.54) is 33.4 Å². The third-order valence-corrected chi connectivity index (χ3v) is 24.4. The summed E-state index contributed by atoms with van der Waals surface area (Å²) in [4.78, 5) is 0. The number of hydrogen-bond donors (Lipinski definition) is 0. The Kier molecular flexibility index (Phi) is 5.39. The molecular formula is C34H32Zr. The van der Waals surface area contributed by atoms with Crippen molar-refractivity contribution < 1.29 is 18.3 Å². The first kappa shape index (κ1) is 22.6. The Morgan fingerprint density at radius 1 is 0.657 bits per heavy atom. The third kappa shape index (κ3) is 3.47. The van der Waals surface area contributed by atoms with Crippen molar-refractivity contribution in [3.05, 3.63) is 146 Å². The molecule has 2 aliphatic carbocycles. The monoisotopic (exact) mass is 530 g/mol. The standard InChI is InChI=1S/C13H9.C13H10.C6H7.2CH3.Zr/c1-3-7-12-10(5-1)9-11-6-2-4-8-13(11)12;1-3-7-12(8-4-1)11-13-9-5-2-6-10-13;1-6-4-2-3-5-6;;;/h1-5,7-8H,9H2;1-10H;4-5H,2H2,1H3;2*1H3;. The van der Waals surface area contributed by atoms with E-state index in [0.29, 0.717) is 0 Å². The van der Waals surface area contributed by atoms with Gasteiger partial charge in [0.05, 0.1) is 0 Å². The zero-order valence-electron chi connectivity index (χ0n) is 20.9. The number of benzene rings is 4. The Balaban J connectivity index is 1.80. The van der Waals surface area contributed by atoms with E-state index in [1.54, 1.807) is 15.3 Å². The van der Waals surface area contributed by atoms with E-state index >= 15 is 0 Å². The maximum atomic E-state index is 2.69. The fourth-order valence-electron chi connectivity index (χ4n) is 6.76. The van der Waals surface area contributed by atoms with Crippen LogP contribution in [0.1, 0.15) is 35.6 Å². The molecule has 0 spiro atoms. The van der Waals surface area contributed by atoms with Gasteiger partial charge >= 0.3 is 211 Å². The molecule has 0 radical (unpaired) electrons. The van der Waals surface area contributed by atoms with Crippen LogP contribution >= 0.6 is 0 Å². The number of allylic oxidation sites excluding steroid dienone is 4. The summed E-state index contributed by atoms with van der Waals surface area (Å²) in [7, 11) is 0. The molecule has 172 valence electrons. The van der Waals surface area contributed by atoms with Crippen molar-refractivity contribution in [2.24, 2.45) is 0 Å². The third-order valence-electron chi connectivity index (χ3n) is 8.54. The molecule has 2 aliphatic rings. The molecule has 0 aliphatic heterocycles. The molecule has 0 aromatic heterocycles. The van der Waals surface area contributed by atoms with Gasteiger partial charge < -0.3 is 0 Å². The van der Waals surface area contributed by atoms with E-state index in [2.05, 4.69) is 131 Å². The van der Waals surface area contributed by atoms with Gasteiger partial charge in [-0.3, -0.25) is 0 Å². The molecule has 0 amide bonds. The molecule has 0 saturated carbocycles. The molecule has 35 heavy (non-hydrogen) atoms. The van der Waals surface area contributed by atoms with E-state index < -0.39 is 18.3 Å². The van der Waals surface area contributed by atoms with Crippen LogP contribution in [0.3, 0.4) is 0 Å². The van der Waals surface area contributed by atoms with Crippen molar-refractivity contribution >= 4 is 6.48 Å². The van der Waals surface area contributed by atoms with Gasteiger partial charge in [-0.15, -0.1) is 0 Å². The quantitative estimate of drug-likeness (QED) is 0.219. The Hall–Kier alpha value is -2.89. The molecule has 0 unspecified atom stereocenters. The van der Waals surface area contributed by atoms with Crippen molar-refractivity contribution in [1.29, 1.82) is 0 Å². The molecule has 0 bridgehead atoms. The molecule has 4 aromatic rings. The van der Waals surface area contributed by atoms with Crippen molar-refractivity contribution in [3.8, 4) is 11.1 Å². The van der Waals surface area contributed by atoms with Crippen LogP contribution in [0.4, 0.5) is 0 Å². The second-order valence-electron chi connectivity index (χ2n) is 11.0. The van der Waals surface area contributed by atoms with E-state index in [4.69, 9.17) is 0 Å². The van der Waals surface area contributed by atoms with Gasteiger partial charge in [-0.2, -0.15) is 0 Å². The number of hydrogen-bond acceptors (Lipinski definition) is 0. The second kappa shape index (κ2) is 8.35. The van der Waals surface area contributed by atoms with Crippen molar-refractivity contribution in [1.82, 2.24) is 0 Å². The average Bonchev–Trinajstić information content (AvgIpc) is 3.49. The summed E-state index contributed by atoms with van der Waals surface area (Å²) in [5, 5.41) is 0. The van der Waals surface area contributed by atoms with E-state index in [-0.39, 0.29) is 0 Å². The Morgan fingerprint density at radius 2 is 1.26 bits per heavy atom. The Labute approximate surface area is 210 Å². The summed E-state index contributed by atoms with van der Waals surface area (Å²) in [5.74, 6) is 0. The van der Waals surface area contributed by atoms with Gasteiger partial charge in [0, 0.05) is 0 Å². The molecule has 0 fully saturated rings. The normalized spacial score (nSPS) is 14.7. The molecule has 4 aromatic carbocycles. The summed E-state index contributed by atoms with van der Waals surface area (Å²) in [6.07, 6.45) is 7.05. The van der Waals surface area contributed by atoms with E-state index in [0.717, 1.165) is 12.8 Å². The van der Waals surface area contributed by atoms with Gasteiger partial charge in [-0.05, 0) is 0 Å². The first-order valence-electron chi connectivity index (χ1n) is 12.7.